The summed E-state index contributed by atoms with van der Waals surface area (Å²) in [6.45, 7) is -0.338. The lowest BCUT2D eigenvalue weighted by Gasteiger charge is -2.16. The summed E-state index contributed by atoms with van der Waals surface area (Å²) in [5.74, 6) is -5.32. The Labute approximate surface area is 237 Å². The van der Waals surface area contributed by atoms with E-state index < -0.39 is 55.8 Å². The Bertz CT molecular complexity index is 1480. The molecule has 1 saturated carbocycles. The van der Waals surface area contributed by atoms with E-state index in [1.165, 1.54) is 18.2 Å². The summed E-state index contributed by atoms with van der Waals surface area (Å²) in [6, 6.07) is 7.84. The van der Waals surface area contributed by atoms with Crippen molar-refractivity contribution in [2.24, 2.45) is 5.41 Å². The van der Waals surface area contributed by atoms with Gasteiger partial charge in [-0.3, -0.25) is 4.79 Å². The average Bonchev–Trinajstić information content (AvgIpc) is 3.35. The number of hydrogen-bond donors (Lipinski definition) is 2. The fourth-order valence-corrected chi connectivity index (χ4v) is 5.61. The van der Waals surface area contributed by atoms with Crippen LogP contribution in [0.3, 0.4) is 0 Å². The molecule has 39 heavy (non-hydrogen) atoms. The van der Waals surface area contributed by atoms with Gasteiger partial charge in [0.2, 0.25) is 0 Å². The fourth-order valence-electron chi connectivity index (χ4n) is 4.21. The second kappa shape index (κ2) is 10.4. The van der Waals surface area contributed by atoms with Gasteiger partial charge in [0.25, 0.3) is 5.91 Å². The van der Waals surface area contributed by atoms with Gasteiger partial charge in [-0.1, -0.05) is 46.4 Å². The highest BCUT2D eigenvalue weighted by molar-refractivity contribution is 6.54. The Morgan fingerprint density at radius 2 is 1.67 bits per heavy atom. The summed E-state index contributed by atoms with van der Waals surface area (Å²) in [5, 5.41) is 3.92. The van der Waals surface area contributed by atoms with E-state index in [4.69, 9.17) is 46.4 Å². The number of hydrogen-bond acceptors (Lipinski definition) is 3. The van der Waals surface area contributed by atoms with Gasteiger partial charge in [0, 0.05) is 24.2 Å². The Morgan fingerprint density at radius 1 is 0.974 bits per heavy atom. The van der Waals surface area contributed by atoms with Crippen molar-refractivity contribution in [2.75, 3.05) is 17.2 Å². The molecule has 1 fully saturated rings. The van der Waals surface area contributed by atoms with Crippen LogP contribution in [0.2, 0.25) is 10.0 Å². The largest absolute Gasteiger partial charge is 0.417 e. The van der Waals surface area contributed by atoms with Gasteiger partial charge in [0.05, 0.1) is 32.3 Å². The van der Waals surface area contributed by atoms with Crippen LogP contribution >= 0.6 is 46.4 Å². The number of anilines is 2. The van der Waals surface area contributed by atoms with Crippen LogP contribution in [-0.2, 0) is 11.0 Å². The van der Waals surface area contributed by atoms with E-state index in [1.54, 1.807) is 0 Å². The molecule has 4 rings (SSSR count). The van der Waals surface area contributed by atoms with E-state index in [2.05, 4.69) is 10.6 Å². The lowest BCUT2D eigenvalue weighted by Crippen LogP contribution is -2.23. The van der Waals surface area contributed by atoms with E-state index in [0.29, 0.717) is 18.4 Å². The monoisotopic (exact) mass is 628 g/mol. The first-order valence-corrected chi connectivity index (χ1v) is 12.3. The highest BCUT2D eigenvalue weighted by Gasteiger charge is 2.76. The van der Waals surface area contributed by atoms with Crippen LogP contribution in [-0.4, -0.2) is 23.1 Å². The molecule has 0 bridgehead atoms. The minimum absolute atomic E-state index is 0.0321. The third-order valence-electron chi connectivity index (χ3n) is 6.29. The van der Waals surface area contributed by atoms with Gasteiger partial charge in [0.1, 0.15) is 28.1 Å². The van der Waals surface area contributed by atoms with Crippen LogP contribution in [0.25, 0.3) is 0 Å². The molecular formula is C25H14Cl4F6N2O2. The number of amides is 1. The Hall–Kier alpha value is -2.66. The van der Waals surface area contributed by atoms with Crippen molar-refractivity contribution >= 4 is 70.0 Å². The third-order valence-corrected chi connectivity index (χ3v) is 8.14. The molecule has 2 atom stereocenters. The lowest BCUT2D eigenvalue weighted by molar-refractivity contribution is -0.137. The second-order valence-electron chi connectivity index (χ2n) is 8.70. The molecule has 1 aliphatic carbocycles. The zero-order valence-corrected chi connectivity index (χ0v) is 22.1. The molecule has 0 aromatic heterocycles. The van der Waals surface area contributed by atoms with Gasteiger partial charge < -0.3 is 15.4 Å². The van der Waals surface area contributed by atoms with Crippen LogP contribution in [0.5, 0.6) is 0 Å². The highest BCUT2D eigenvalue weighted by Crippen LogP contribution is 2.73. The molecule has 0 aliphatic heterocycles. The first-order valence-electron chi connectivity index (χ1n) is 10.8. The Morgan fingerprint density at radius 3 is 2.28 bits per heavy atom. The number of rotatable bonds is 7. The van der Waals surface area contributed by atoms with Crippen molar-refractivity contribution in [1.29, 1.82) is 0 Å². The molecule has 2 unspecified atom stereocenters. The van der Waals surface area contributed by atoms with Gasteiger partial charge in [-0.25, -0.2) is 13.2 Å². The van der Waals surface area contributed by atoms with E-state index >= 15 is 0 Å². The molecule has 0 spiro atoms. The fraction of sp³-hybridized carbons (Fsp3) is 0.200. The first kappa shape index (κ1) is 29.3. The van der Waals surface area contributed by atoms with Crippen LogP contribution < -0.4 is 10.6 Å². The summed E-state index contributed by atoms with van der Waals surface area (Å²) in [6.07, 6.45) is -4.63. The molecule has 3 aromatic rings. The molecule has 2 N–H and O–H groups in total. The molecule has 0 radical (unpaired) electrons. The molecule has 0 saturated heterocycles. The van der Waals surface area contributed by atoms with Crippen LogP contribution in [0.1, 0.15) is 27.4 Å². The van der Waals surface area contributed by atoms with Crippen LogP contribution in [0, 0.1) is 22.9 Å². The van der Waals surface area contributed by atoms with Crippen molar-refractivity contribution in [1.82, 2.24) is 0 Å². The summed E-state index contributed by atoms with van der Waals surface area (Å²) >= 11 is 24.2. The first-order chi connectivity index (χ1) is 18.1. The standard InChI is InChI=1S/C25H14Cl4F6N2O2/c26-16-3-2-13(8-14(16)22(39)37-19-4-1-12(30)7-17(19)31)36-9-23(10-38)21(24(23,28)29)11-5-15(25(33,34)35)20(27)18(32)6-11/h1-8,10,21,36H,9H2,(H,37,39). The molecular weight excluding hydrogens is 616 g/mol. The van der Waals surface area contributed by atoms with E-state index in [0.717, 1.165) is 18.2 Å². The summed E-state index contributed by atoms with van der Waals surface area (Å²) in [4.78, 5) is 24.8. The van der Waals surface area contributed by atoms with Crippen molar-refractivity contribution in [3.63, 3.8) is 0 Å². The lowest BCUT2D eigenvalue weighted by atomic mass is 9.98. The normalized spacial score (nSPS) is 19.9. The summed E-state index contributed by atoms with van der Waals surface area (Å²) in [5.41, 5.74) is -3.67. The number of carbonyl (C=O) groups excluding carboxylic acids is 2. The maximum atomic E-state index is 14.3. The average molecular weight is 630 g/mol. The van der Waals surface area contributed by atoms with Gasteiger partial charge in [-0.15, -0.1) is 0 Å². The predicted molar refractivity (Wildman–Crippen MR) is 136 cm³/mol. The Balaban J connectivity index is 1.58. The maximum Gasteiger partial charge on any atom is 0.417 e. The summed E-state index contributed by atoms with van der Waals surface area (Å²) < 4.78 is 79.5. The number of carbonyl (C=O) groups is 2. The van der Waals surface area contributed by atoms with E-state index in [-0.39, 0.29) is 34.1 Å². The molecule has 1 amide bonds. The van der Waals surface area contributed by atoms with Crippen molar-refractivity contribution in [3.8, 4) is 0 Å². The SMILES string of the molecule is O=CC1(CNc2ccc(Cl)c(C(=O)Nc3ccc(F)cc3F)c2)C(c2cc(F)c(Cl)c(C(F)(F)F)c2)C1(Cl)Cl. The zero-order chi connectivity index (χ0) is 28.9. The second-order valence-corrected chi connectivity index (χ2v) is 10.9. The maximum absolute atomic E-state index is 14.3. The topological polar surface area (TPSA) is 58.2 Å². The minimum Gasteiger partial charge on any atom is -0.384 e. The number of nitrogens with one attached hydrogen (secondary N) is 2. The van der Waals surface area contributed by atoms with Gasteiger partial charge >= 0.3 is 6.18 Å². The van der Waals surface area contributed by atoms with Crippen molar-refractivity contribution in [2.45, 2.75) is 16.4 Å². The molecule has 1 aliphatic rings. The van der Waals surface area contributed by atoms with Gasteiger partial charge in [0.15, 0.2) is 0 Å². The molecule has 206 valence electrons. The smallest absolute Gasteiger partial charge is 0.384 e. The Kier molecular flexibility index (Phi) is 7.81. The molecule has 4 nitrogen and oxygen atoms in total. The predicted octanol–water partition coefficient (Wildman–Crippen LogP) is 8.25. The summed E-state index contributed by atoms with van der Waals surface area (Å²) in [7, 11) is 0. The van der Waals surface area contributed by atoms with Crippen LogP contribution in [0.15, 0.2) is 48.5 Å². The third kappa shape index (κ3) is 5.39. The number of halogens is 10. The molecule has 14 heteroatoms. The quantitative estimate of drug-likeness (QED) is 0.157. The molecule has 0 heterocycles. The number of benzene rings is 3. The number of alkyl halides is 5. The van der Waals surface area contributed by atoms with Crippen molar-refractivity contribution in [3.05, 3.63) is 92.7 Å². The van der Waals surface area contributed by atoms with E-state index in [1.807, 2.05) is 0 Å². The van der Waals surface area contributed by atoms with Crippen molar-refractivity contribution < 1.29 is 35.9 Å². The van der Waals surface area contributed by atoms with Crippen LogP contribution in [0.4, 0.5) is 37.7 Å². The number of aldehydes is 1. The van der Waals surface area contributed by atoms with E-state index in [9.17, 15) is 35.9 Å². The zero-order valence-electron chi connectivity index (χ0n) is 19.1. The highest BCUT2D eigenvalue weighted by atomic mass is 35.5. The van der Waals surface area contributed by atoms with Gasteiger partial charge in [-0.2, -0.15) is 13.2 Å². The minimum atomic E-state index is -4.98. The van der Waals surface area contributed by atoms with Gasteiger partial charge in [-0.05, 0) is 48.0 Å². The molecule has 3 aromatic carbocycles.